The largest absolute Gasteiger partial charge is 0.550 e. The van der Waals surface area contributed by atoms with Crippen molar-refractivity contribution in [1.82, 2.24) is 4.90 Å². The topological polar surface area (TPSA) is 63.7 Å². The zero-order valence-corrected chi connectivity index (χ0v) is 15.4. The van der Waals surface area contributed by atoms with Gasteiger partial charge in [0.1, 0.15) is 4.32 Å². The zero-order valence-electron chi connectivity index (χ0n) is 13.8. The monoisotopic (exact) mass is 375 g/mol. The maximum Gasteiger partial charge on any atom is 0.266 e. The molecule has 2 aliphatic heterocycles. The van der Waals surface area contributed by atoms with Crippen molar-refractivity contribution >= 4 is 51.9 Å². The lowest BCUT2D eigenvalue weighted by atomic mass is 10.1. The van der Waals surface area contributed by atoms with Gasteiger partial charge in [0.25, 0.3) is 5.91 Å². The number of amides is 1. The fourth-order valence-corrected chi connectivity index (χ4v) is 4.29. The van der Waals surface area contributed by atoms with Gasteiger partial charge < -0.3 is 14.8 Å². The number of piperidine rings is 1. The van der Waals surface area contributed by atoms with Crippen molar-refractivity contribution in [3.05, 3.63) is 34.7 Å². The summed E-state index contributed by atoms with van der Waals surface area (Å²) in [6.07, 6.45) is 5.35. The van der Waals surface area contributed by atoms with Crippen molar-refractivity contribution < 1.29 is 14.7 Å². The Balaban J connectivity index is 1.69. The predicted molar refractivity (Wildman–Crippen MR) is 102 cm³/mol. The van der Waals surface area contributed by atoms with E-state index in [-0.39, 0.29) is 18.9 Å². The van der Waals surface area contributed by atoms with Gasteiger partial charge in [-0.05, 0) is 43.0 Å². The summed E-state index contributed by atoms with van der Waals surface area (Å²) in [4.78, 5) is 27.2. The summed E-state index contributed by atoms with van der Waals surface area (Å²) >= 11 is 6.38. The van der Waals surface area contributed by atoms with Gasteiger partial charge >= 0.3 is 0 Å². The van der Waals surface area contributed by atoms with Crippen LogP contribution in [0, 0.1) is 0 Å². The molecule has 0 N–H and O–H groups in total. The number of aliphatic carboxylic acids is 1. The van der Waals surface area contributed by atoms with Crippen LogP contribution < -0.4 is 10.0 Å². The molecule has 0 bridgehead atoms. The van der Waals surface area contributed by atoms with Gasteiger partial charge in [0.15, 0.2) is 0 Å². The van der Waals surface area contributed by atoms with Crippen LogP contribution in [0.25, 0.3) is 6.08 Å². The number of thiocarbonyl (C=S) groups is 1. The van der Waals surface area contributed by atoms with Crippen molar-refractivity contribution in [3.63, 3.8) is 0 Å². The summed E-state index contributed by atoms with van der Waals surface area (Å²) in [6.45, 7) is 2.24. The smallest absolute Gasteiger partial charge is 0.266 e. The first-order valence-corrected chi connectivity index (χ1v) is 9.57. The number of anilines is 1. The average molecular weight is 375 g/mol. The molecule has 25 heavy (non-hydrogen) atoms. The second kappa shape index (κ2) is 8.01. The number of carbonyl (C=O) groups excluding carboxylic acids is 2. The van der Waals surface area contributed by atoms with Crippen molar-refractivity contribution in [2.45, 2.75) is 25.7 Å². The van der Waals surface area contributed by atoms with E-state index in [1.165, 1.54) is 41.6 Å². The van der Waals surface area contributed by atoms with Crippen LogP contribution in [0.5, 0.6) is 0 Å². The lowest BCUT2D eigenvalue weighted by molar-refractivity contribution is -0.305. The Hall–Kier alpha value is -1.86. The number of hydrogen-bond donors (Lipinski definition) is 0. The lowest BCUT2D eigenvalue weighted by Crippen LogP contribution is -2.33. The van der Waals surface area contributed by atoms with E-state index in [2.05, 4.69) is 17.0 Å². The lowest BCUT2D eigenvalue weighted by Gasteiger charge is -2.28. The highest BCUT2D eigenvalue weighted by Gasteiger charge is 2.31. The van der Waals surface area contributed by atoms with E-state index in [9.17, 15) is 14.7 Å². The van der Waals surface area contributed by atoms with Crippen LogP contribution >= 0.6 is 24.0 Å². The first-order valence-electron chi connectivity index (χ1n) is 8.35. The van der Waals surface area contributed by atoms with Gasteiger partial charge in [-0.1, -0.05) is 36.1 Å². The van der Waals surface area contributed by atoms with Crippen LogP contribution in [0.3, 0.4) is 0 Å². The summed E-state index contributed by atoms with van der Waals surface area (Å²) in [5.41, 5.74) is 2.14. The van der Waals surface area contributed by atoms with E-state index in [0.717, 1.165) is 18.7 Å². The minimum Gasteiger partial charge on any atom is -0.550 e. The van der Waals surface area contributed by atoms with Crippen LogP contribution in [-0.4, -0.2) is 40.7 Å². The Morgan fingerprint density at radius 3 is 2.52 bits per heavy atom. The number of benzene rings is 1. The zero-order chi connectivity index (χ0) is 17.8. The maximum atomic E-state index is 12.4. The summed E-state index contributed by atoms with van der Waals surface area (Å²) < 4.78 is 0.391. The van der Waals surface area contributed by atoms with E-state index in [0.29, 0.717) is 9.23 Å². The maximum absolute atomic E-state index is 12.4. The van der Waals surface area contributed by atoms with Gasteiger partial charge in [-0.25, -0.2) is 0 Å². The van der Waals surface area contributed by atoms with Gasteiger partial charge in [0.2, 0.25) is 0 Å². The van der Waals surface area contributed by atoms with Gasteiger partial charge in [0.05, 0.1) is 4.91 Å². The number of carbonyl (C=O) groups is 2. The minimum atomic E-state index is -1.19. The molecule has 1 aromatic carbocycles. The minimum absolute atomic E-state index is 0.0538. The molecule has 5 nitrogen and oxygen atoms in total. The normalized spacial score (nSPS) is 19.8. The van der Waals surface area contributed by atoms with Crippen LogP contribution in [0.15, 0.2) is 29.2 Å². The molecule has 0 aromatic heterocycles. The van der Waals surface area contributed by atoms with Crippen LogP contribution in [0.4, 0.5) is 5.69 Å². The number of thioether (sulfide) groups is 1. The Kier molecular flexibility index (Phi) is 5.75. The molecule has 2 aliphatic rings. The Labute approximate surface area is 156 Å². The van der Waals surface area contributed by atoms with Gasteiger partial charge in [-0.15, -0.1) is 0 Å². The Bertz CT molecular complexity index is 710. The number of carboxylic acids is 1. The second-order valence-electron chi connectivity index (χ2n) is 6.09. The number of hydrogen-bond acceptors (Lipinski definition) is 6. The van der Waals surface area contributed by atoms with Crippen LogP contribution in [-0.2, 0) is 9.59 Å². The molecule has 0 atom stereocenters. The molecular weight excluding hydrogens is 356 g/mol. The highest BCUT2D eigenvalue weighted by molar-refractivity contribution is 8.26. The van der Waals surface area contributed by atoms with E-state index in [1.54, 1.807) is 6.08 Å². The molecule has 132 valence electrons. The van der Waals surface area contributed by atoms with Crippen molar-refractivity contribution in [1.29, 1.82) is 0 Å². The summed E-state index contributed by atoms with van der Waals surface area (Å²) in [7, 11) is 0. The molecule has 7 heteroatoms. The quantitative estimate of drug-likeness (QED) is 0.580. The standard InChI is InChI=1S/C18H20N2O3S2/c21-16(22)8-11-20-17(23)15(25-18(20)24)12-13-4-6-14(7-5-13)19-9-2-1-3-10-19/h4-7,12H,1-3,8-11H2,(H,21,22)/p-1/b15-12+. The Morgan fingerprint density at radius 1 is 1.20 bits per heavy atom. The highest BCUT2D eigenvalue weighted by atomic mass is 32.2. The number of carboxylic acid groups (broad SMARTS) is 1. The number of nitrogens with zero attached hydrogens (tertiary/aromatic N) is 2. The molecule has 1 amide bonds. The first kappa shape index (κ1) is 17.9. The second-order valence-corrected chi connectivity index (χ2v) is 7.77. The van der Waals surface area contributed by atoms with E-state index < -0.39 is 5.97 Å². The molecule has 1 aromatic rings. The molecule has 2 heterocycles. The van der Waals surface area contributed by atoms with Crippen LogP contribution in [0.1, 0.15) is 31.2 Å². The van der Waals surface area contributed by atoms with Gasteiger partial charge in [-0.2, -0.15) is 0 Å². The molecular formula is C18H19N2O3S2-. The average Bonchev–Trinajstić information content (AvgIpc) is 2.88. The van der Waals surface area contributed by atoms with E-state index >= 15 is 0 Å². The summed E-state index contributed by atoms with van der Waals surface area (Å²) in [6, 6.07) is 8.15. The Morgan fingerprint density at radius 2 is 1.88 bits per heavy atom. The highest BCUT2D eigenvalue weighted by Crippen LogP contribution is 2.33. The molecule has 0 unspecified atom stereocenters. The van der Waals surface area contributed by atoms with Crippen molar-refractivity contribution in [2.24, 2.45) is 0 Å². The van der Waals surface area contributed by atoms with Gasteiger partial charge in [0, 0.05) is 37.7 Å². The molecule has 0 spiro atoms. The van der Waals surface area contributed by atoms with Crippen molar-refractivity contribution in [2.75, 3.05) is 24.5 Å². The fourth-order valence-electron chi connectivity index (χ4n) is 2.98. The summed E-state index contributed by atoms with van der Waals surface area (Å²) in [5.74, 6) is -1.43. The van der Waals surface area contributed by atoms with Crippen LogP contribution in [0.2, 0.25) is 0 Å². The third-order valence-electron chi connectivity index (χ3n) is 4.33. The first-order chi connectivity index (χ1) is 12.0. The fraction of sp³-hybridized carbons (Fsp3) is 0.389. The van der Waals surface area contributed by atoms with E-state index in [4.69, 9.17) is 12.2 Å². The molecule has 3 rings (SSSR count). The number of rotatable bonds is 5. The predicted octanol–water partition coefficient (Wildman–Crippen LogP) is 2.02. The third kappa shape index (κ3) is 4.41. The molecule has 0 radical (unpaired) electrons. The third-order valence-corrected chi connectivity index (χ3v) is 5.70. The van der Waals surface area contributed by atoms with Gasteiger partial charge in [-0.3, -0.25) is 9.69 Å². The molecule has 2 fully saturated rings. The molecule has 0 saturated carbocycles. The molecule has 2 saturated heterocycles. The molecule has 0 aliphatic carbocycles. The van der Waals surface area contributed by atoms with Crippen molar-refractivity contribution in [3.8, 4) is 0 Å². The summed E-state index contributed by atoms with van der Waals surface area (Å²) in [5, 5.41) is 10.6. The SMILES string of the molecule is O=C([O-])CCN1C(=O)/C(=C\c2ccc(N3CCCCC3)cc2)SC1=S. The van der Waals surface area contributed by atoms with E-state index in [1.807, 2.05) is 12.1 Å².